The van der Waals surface area contributed by atoms with E-state index in [0.29, 0.717) is 38.0 Å². The lowest BCUT2D eigenvalue weighted by Crippen LogP contribution is -2.45. The van der Waals surface area contributed by atoms with E-state index in [4.69, 9.17) is 0 Å². The molecule has 0 amide bonds. The van der Waals surface area contributed by atoms with Gasteiger partial charge in [0.05, 0.1) is 12.4 Å². The molecule has 1 aromatic rings. The van der Waals surface area contributed by atoms with E-state index in [9.17, 15) is 17.9 Å². The summed E-state index contributed by atoms with van der Waals surface area (Å²) in [6, 6.07) is 6.15. The number of nitrogens with one attached hydrogen (secondary N) is 1. The molecule has 0 bridgehead atoms. The van der Waals surface area contributed by atoms with Crippen LogP contribution >= 0.6 is 0 Å². The molecular weight excluding hydrogens is 295 g/mol. The molecule has 118 valence electrons. The molecule has 2 rings (SSSR count). The predicted molar refractivity (Wildman–Crippen MR) is 78.8 cm³/mol. The molecule has 1 aliphatic heterocycles. The largest absolute Gasteiger partial charge is 0.387 e. The highest BCUT2D eigenvalue weighted by molar-refractivity contribution is 7.88. The van der Waals surface area contributed by atoms with Gasteiger partial charge in [0.25, 0.3) is 0 Å². The van der Waals surface area contributed by atoms with Gasteiger partial charge in [0.15, 0.2) is 0 Å². The van der Waals surface area contributed by atoms with Crippen molar-refractivity contribution in [3.63, 3.8) is 0 Å². The highest BCUT2D eigenvalue weighted by atomic mass is 32.2. The number of hydrogen-bond acceptors (Lipinski definition) is 4. The Hall–Kier alpha value is -1.02. The van der Waals surface area contributed by atoms with Gasteiger partial charge in [0.1, 0.15) is 5.82 Å². The molecule has 1 fully saturated rings. The van der Waals surface area contributed by atoms with E-state index in [0.717, 1.165) is 6.26 Å². The van der Waals surface area contributed by atoms with Gasteiger partial charge in [-0.2, -0.15) is 0 Å². The fourth-order valence-corrected chi connectivity index (χ4v) is 3.47. The Morgan fingerprint density at radius 3 is 2.57 bits per heavy atom. The van der Waals surface area contributed by atoms with Gasteiger partial charge in [-0.05, 0) is 32.0 Å². The lowest BCUT2D eigenvalue weighted by atomic mass is 10.0. The summed E-state index contributed by atoms with van der Waals surface area (Å²) in [6.07, 6.45) is 1.67. The number of hydrogen-bond donors (Lipinski definition) is 2. The maximum atomic E-state index is 13.6. The maximum absolute atomic E-state index is 13.6. The summed E-state index contributed by atoms with van der Waals surface area (Å²) in [5.74, 6) is -0.404. The number of halogens is 1. The summed E-state index contributed by atoms with van der Waals surface area (Å²) in [7, 11) is -3.18. The number of piperidine rings is 1. The van der Waals surface area contributed by atoms with E-state index in [1.807, 2.05) is 4.90 Å². The van der Waals surface area contributed by atoms with Crippen LogP contribution in [0.15, 0.2) is 24.3 Å². The van der Waals surface area contributed by atoms with Gasteiger partial charge in [-0.25, -0.2) is 17.5 Å². The number of sulfonamides is 1. The molecule has 1 heterocycles. The van der Waals surface area contributed by atoms with Gasteiger partial charge in [-0.3, -0.25) is 0 Å². The van der Waals surface area contributed by atoms with Crippen molar-refractivity contribution in [2.24, 2.45) is 0 Å². The molecule has 0 saturated carbocycles. The Balaban J connectivity index is 1.85. The molecule has 5 nitrogen and oxygen atoms in total. The zero-order chi connectivity index (χ0) is 15.5. The standard InChI is InChI=1S/C14H21FN2O3S/c1-21(19,20)16-11-6-8-17(9-7-11)10-14(18)12-4-2-3-5-13(12)15/h2-5,11,14,16,18H,6-10H2,1H3. The Labute approximate surface area is 124 Å². The van der Waals surface area contributed by atoms with Crippen LogP contribution in [0.1, 0.15) is 24.5 Å². The minimum absolute atomic E-state index is 0.0538. The van der Waals surface area contributed by atoms with Crippen LogP contribution < -0.4 is 4.72 Å². The number of aliphatic hydroxyl groups is 1. The first-order chi connectivity index (χ1) is 9.85. The van der Waals surface area contributed by atoms with Crippen LogP contribution in [0, 0.1) is 5.82 Å². The first-order valence-electron chi connectivity index (χ1n) is 6.97. The van der Waals surface area contributed by atoms with E-state index in [1.165, 1.54) is 6.07 Å². The van der Waals surface area contributed by atoms with E-state index in [-0.39, 0.29) is 6.04 Å². The fourth-order valence-electron chi connectivity index (χ4n) is 2.62. The molecular formula is C14H21FN2O3S. The van der Waals surface area contributed by atoms with Crippen molar-refractivity contribution in [2.45, 2.75) is 25.0 Å². The first-order valence-corrected chi connectivity index (χ1v) is 8.86. The maximum Gasteiger partial charge on any atom is 0.208 e. The molecule has 1 unspecified atom stereocenters. The van der Waals surface area contributed by atoms with E-state index < -0.39 is 21.9 Å². The number of β-amino-alcohol motifs (C(OH)–C–C–N with tert-alkyl or cyclic N) is 1. The van der Waals surface area contributed by atoms with Crippen LogP contribution in [-0.4, -0.2) is 50.4 Å². The van der Waals surface area contributed by atoms with Crippen LogP contribution in [0.25, 0.3) is 0 Å². The van der Waals surface area contributed by atoms with Crippen molar-refractivity contribution < 1.29 is 17.9 Å². The van der Waals surface area contributed by atoms with Crippen molar-refractivity contribution in [3.05, 3.63) is 35.6 Å². The second-order valence-electron chi connectivity index (χ2n) is 5.50. The van der Waals surface area contributed by atoms with Gasteiger partial charge < -0.3 is 10.0 Å². The van der Waals surface area contributed by atoms with Crippen molar-refractivity contribution >= 4 is 10.0 Å². The minimum Gasteiger partial charge on any atom is -0.387 e. The zero-order valence-electron chi connectivity index (χ0n) is 12.0. The molecule has 1 aliphatic rings. The monoisotopic (exact) mass is 316 g/mol. The first kappa shape index (κ1) is 16.4. The summed E-state index contributed by atoms with van der Waals surface area (Å²) in [4.78, 5) is 2.03. The van der Waals surface area contributed by atoms with Crippen LogP contribution in [0.2, 0.25) is 0 Å². The summed E-state index contributed by atoms with van der Waals surface area (Å²) < 4.78 is 38.5. The van der Waals surface area contributed by atoms with Crippen molar-refractivity contribution in [1.29, 1.82) is 0 Å². The number of aliphatic hydroxyl groups excluding tert-OH is 1. The average Bonchev–Trinajstić information content (AvgIpc) is 2.40. The predicted octanol–water partition coefficient (Wildman–Crippen LogP) is 0.873. The third-order valence-corrected chi connectivity index (χ3v) is 4.43. The van der Waals surface area contributed by atoms with Gasteiger partial charge in [0.2, 0.25) is 10.0 Å². The molecule has 0 radical (unpaired) electrons. The number of benzene rings is 1. The average molecular weight is 316 g/mol. The zero-order valence-corrected chi connectivity index (χ0v) is 12.8. The molecule has 21 heavy (non-hydrogen) atoms. The Morgan fingerprint density at radius 2 is 2.00 bits per heavy atom. The Kier molecular flexibility index (Phi) is 5.32. The van der Waals surface area contributed by atoms with Crippen LogP contribution in [0.3, 0.4) is 0 Å². The third-order valence-electron chi connectivity index (χ3n) is 3.66. The molecule has 0 aliphatic carbocycles. The van der Waals surface area contributed by atoms with Crippen molar-refractivity contribution in [1.82, 2.24) is 9.62 Å². The SMILES string of the molecule is CS(=O)(=O)NC1CCN(CC(O)c2ccccc2F)CC1. The topological polar surface area (TPSA) is 69.6 Å². The second kappa shape index (κ2) is 6.83. The Bertz CT molecular complexity index is 571. The summed E-state index contributed by atoms with van der Waals surface area (Å²) in [5, 5.41) is 10.1. The van der Waals surface area contributed by atoms with E-state index in [2.05, 4.69) is 4.72 Å². The minimum atomic E-state index is -3.18. The quantitative estimate of drug-likeness (QED) is 0.846. The summed E-state index contributed by atoms with van der Waals surface area (Å²) in [5.41, 5.74) is 0.300. The summed E-state index contributed by atoms with van der Waals surface area (Å²) in [6.45, 7) is 1.71. The smallest absolute Gasteiger partial charge is 0.208 e. The molecule has 2 N–H and O–H groups in total. The Morgan fingerprint density at radius 1 is 1.38 bits per heavy atom. The van der Waals surface area contributed by atoms with Crippen molar-refractivity contribution in [2.75, 3.05) is 25.9 Å². The molecule has 1 saturated heterocycles. The summed E-state index contributed by atoms with van der Waals surface area (Å²) >= 11 is 0. The van der Waals surface area contributed by atoms with Gasteiger partial charge in [-0.1, -0.05) is 18.2 Å². The second-order valence-corrected chi connectivity index (χ2v) is 7.28. The van der Waals surface area contributed by atoms with E-state index in [1.54, 1.807) is 18.2 Å². The third kappa shape index (κ3) is 5.03. The fraction of sp³-hybridized carbons (Fsp3) is 0.571. The lowest BCUT2D eigenvalue weighted by molar-refractivity contribution is 0.0938. The molecule has 1 aromatic carbocycles. The number of nitrogens with zero attached hydrogens (tertiary/aromatic N) is 1. The number of rotatable bonds is 5. The highest BCUT2D eigenvalue weighted by Crippen LogP contribution is 2.20. The normalized spacial score (nSPS) is 19.6. The number of likely N-dealkylation sites (tertiary alicyclic amines) is 1. The molecule has 0 spiro atoms. The highest BCUT2D eigenvalue weighted by Gasteiger charge is 2.24. The van der Waals surface area contributed by atoms with E-state index >= 15 is 0 Å². The van der Waals surface area contributed by atoms with Crippen LogP contribution in [0.4, 0.5) is 4.39 Å². The molecule has 7 heteroatoms. The van der Waals surface area contributed by atoms with Gasteiger partial charge >= 0.3 is 0 Å². The van der Waals surface area contributed by atoms with Crippen molar-refractivity contribution in [3.8, 4) is 0 Å². The van der Waals surface area contributed by atoms with Gasteiger partial charge in [0, 0.05) is 18.2 Å². The van der Waals surface area contributed by atoms with Crippen LogP contribution in [-0.2, 0) is 10.0 Å². The van der Waals surface area contributed by atoms with Gasteiger partial charge in [-0.15, -0.1) is 0 Å². The van der Waals surface area contributed by atoms with Crippen LogP contribution in [0.5, 0.6) is 0 Å². The molecule has 0 aromatic heterocycles. The molecule has 1 atom stereocenters. The lowest BCUT2D eigenvalue weighted by Gasteiger charge is -2.33.